The first-order valence-electron chi connectivity index (χ1n) is 5.44. The molecule has 0 saturated heterocycles. The van der Waals surface area contributed by atoms with Crippen molar-refractivity contribution in [2.75, 3.05) is 11.4 Å². The third kappa shape index (κ3) is 1.67. The van der Waals surface area contributed by atoms with Gasteiger partial charge in [0.15, 0.2) is 0 Å². The van der Waals surface area contributed by atoms with Crippen LogP contribution in [0.25, 0.3) is 5.65 Å². The van der Waals surface area contributed by atoms with Crippen molar-refractivity contribution in [3.8, 4) is 0 Å². The predicted molar refractivity (Wildman–Crippen MR) is 71.6 cm³/mol. The summed E-state index contributed by atoms with van der Waals surface area (Å²) in [6, 6.07) is 1.73. The molecule has 0 atom stereocenters. The molecule has 94 valence electrons. The lowest BCUT2D eigenvalue weighted by Gasteiger charge is -2.23. The number of halogens is 2. The highest BCUT2D eigenvalue weighted by molar-refractivity contribution is 9.10. The maximum Gasteiger partial charge on any atom is 0.413 e. The van der Waals surface area contributed by atoms with Crippen LogP contribution in [-0.4, -0.2) is 27.1 Å². The SMILES string of the molecule is O=C(O)N1CCCc2nc3cc(Cl)c(Br)cn3c21. The standard InChI is InChI=1S/C11H9BrClN3O2/c12-6-5-16-9(4-7(6)13)14-8-2-1-3-15(10(8)16)11(17)18/h4-5H,1-3H2,(H,17,18). The number of pyridine rings is 1. The molecule has 0 radical (unpaired) electrons. The molecule has 0 bridgehead atoms. The first kappa shape index (κ1) is 11.8. The van der Waals surface area contributed by atoms with Gasteiger partial charge in [-0.05, 0) is 28.8 Å². The molecule has 18 heavy (non-hydrogen) atoms. The summed E-state index contributed by atoms with van der Waals surface area (Å²) in [7, 11) is 0. The number of nitrogens with zero attached hydrogens (tertiary/aromatic N) is 3. The van der Waals surface area contributed by atoms with Crippen molar-refractivity contribution < 1.29 is 9.90 Å². The number of amides is 1. The fraction of sp³-hybridized carbons (Fsp3) is 0.273. The van der Waals surface area contributed by atoms with Crippen molar-refractivity contribution in [1.82, 2.24) is 9.38 Å². The Morgan fingerprint density at radius 3 is 3.06 bits per heavy atom. The highest BCUT2D eigenvalue weighted by atomic mass is 79.9. The minimum absolute atomic E-state index is 0.496. The number of imidazole rings is 1. The van der Waals surface area contributed by atoms with E-state index in [1.54, 1.807) is 16.7 Å². The number of hydrogen-bond acceptors (Lipinski definition) is 2. The lowest BCUT2D eigenvalue weighted by molar-refractivity contribution is 0.201. The van der Waals surface area contributed by atoms with E-state index in [-0.39, 0.29) is 0 Å². The average molecular weight is 331 g/mol. The number of aromatic nitrogens is 2. The maximum absolute atomic E-state index is 11.3. The quantitative estimate of drug-likeness (QED) is 0.807. The van der Waals surface area contributed by atoms with E-state index in [1.807, 2.05) is 0 Å². The van der Waals surface area contributed by atoms with Gasteiger partial charge in [0.2, 0.25) is 0 Å². The minimum atomic E-state index is -0.955. The van der Waals surface area contributed by atoms with Gasteiger partial charge >= 0.3 is 6.09 Å². The maximum atomic E-state index is 11.3. The Hall–Kier alpha value is -1.27. The summed E-state index contributed by atoms with van der Waals surface area (Å²) in [4.78, 5) is 17.0. The molecular weight excluding hydrogens is 321 g/mol. The fourth-order valence-electron chi connectivity index (χ4n) is 2.23. The van der Waals surface area contributed by atoms with E-state index in [4.69, 9.17) is 11.6 Å². The highest BCUT2D eigenvalue weighted by Gasteiger charge is 2.27. The Labute approximate surface area is 116 Å². The van der Waals surface area contributed by atoms with E-state index in [9.17, 15) is 9.90 Å². The van der Waals surface area contributed by atoms with E-state index in [2.05, 4.69) is 20.9 Å². The second kappa shape index (κ2) is 4.13. The molecular formula is C11H9BrClN3O2. The number of hydrogen-bond donors (Lipinski definition) is 1. The molecule has 0 aromatic carbocycles. The van der Waals surface area contributed by atoms with Crippen LogP contribution in [0.4, 0.5) is 10.6 Å². The Bertz CT molecular complexity index is 655. The molecule has 0 aliphatic carbocycles. The van der Waals surface area contributed by atoms with Crippen LogP contribution in [0.1, 0.15) is 12.1 Å². The average Bonchev–Trinajstić information content (AvgIpc) is 2.67. The van der Waals surface area contributed by atoms with Crippen LogP contribution in [0.3, 0.4) is 0 Å². The molecule has 3 rings (SSSR count). The topological polar surface area (TPSA) is 57.8 Å². The number of aryl methyl sites for hydroxylation is 1. The largest absolute Gasteiger partial charge is 0.465 e. The van der Waals surface area contributed by atoms with E-state index in [1.165, 1.54) is 4.90 Å². The summed E-state index contributed by atoms with van der Waals surface area (Å²) in [5, 5.41) is 9.80. The van der Waals surface area contributed by atoms with E-state index in [0.717, 1.165) is 18.5 Å². The fourth-order valence-corrected chi connectivity index (χ4v) is 2.69. The van der Waals surface area contributed by atoms with Gasteiger partial charge in [0.05, 0.1) is 15.2 Å². The second-order valence-electron chi connectivity index (χ2n) is 4.12. The van der Waals surface area contributed by atoms with Gasteiger partial charge in [0.1, 0.15) is 11.5 Å². The van der Waals surface area contributed by atoms with Crippen molar-refractivity contribution >= 4 is 45.1 Å². The lowest BCUT2D eigenvalue weighted by Crippen LogP contribution is -2.34. The molecule has 2 aromatic rings. The zero-order valence-corrected chi connectivity index (χ0v) is 11.6. The minimum Gasteiger partial charge on any atom is -0.465 e. The third-order valence-electron chi connectivity index (χ3n) is 2.99. The summed E-state index contributed by atoms with van der Waals surface area (Å²) in [6.45, 7) is 0.496. The van der Waals surface area contributed by atoms with Gasteiger partial charge in [-0.25, -0.2) is 9.78 Å². The Morgan fingerprint density at radius 1 is 1.56 bits per heavy atom. The molecule has 1 N–H and O–H groups in total. The molecule has 3 heterocycles. The van der Waals surface area contributed by atoms with Crippen molar-refractivity contribution in [3.05, 3.63) is 27.5 Å². The van der Waals surface area contributed by atoms with E-state index in [0.29, 0.717) is 27.5 Å². The molecule has 2 aromatic heterocycles. The summed E-state index contributed by atoms with van der Waals surface area (Å²) in [5.74, 6) is 0.626. The molecule has 0 fully saturated rings. The molecule has 0 unspecified atom stereocenters. The molecule has 1 amide bonds. The summed E-state index contributed by atoms with van der Waals surface area (Å²) in [5.41, 5.74) is 1.47. The molecule has 0 saturated carbocycles. The molecule has 1 aliphatic rings. The first-order valence-corrected chi connectivity index (χ1v) is 6.61. The molecule has 7 heteroatoms. The zero-order chi connectivity index (χ0) is 12.9. The van der Waals surface area contributed by atoms with E-state index >= 15 is 0 Å². The van der Waals surface area contributed by atoms with Crippen molar-refractivity contribution in [1.29, 1.82) is 0 Å². The van der Waals surface area contributed by atoms with Gasteiger partial charge in [-0.3, -0.25) is 9.30 Å². The van der Waals surface area contributed by atoms with Crippen LogP contribution >= 0.6 is 27.5 Å². The number of fused-ring (bicyclic) bond motifs is 3. The van der Waals surface area contributed by atoms with Gasteiger partial charge in [-0.15, -0.1) is 0 Å². The van der Waals surface area contributed by atoms with Gasteiger partial charge < -0.3 is 5.11 Å². The Morgan fingerprint density at radius 2 is 2.33 bits per heavy atom. The van der Waals surface area contributed by atoms with Crippen LogP contribution in [0, 0.1) is 0 Å². The van der Waals surface area contributed by atoms with Crippen molar-refractivity contribution in [3.63, 3.8) is 0 Å². The summed E-state index contributed by atoms with van der Waals surface area (Å²) >= 11 is 9.36. The lowest BCUT2D eigenvalue weighted by atomic mass is 10.1. The van der Waals surface area contributed by atoms with E-state index < -0.39 is 6.09 Å². The van der Waals surface area contributed by atoms with Crippen molar-refractivity contribution in [2.24, 2.45) is 0 Å². The van der Waals surface area contributed by atoms with Gasteiger partial charge in [0, 0.05) is 18.8 Å². The number of anilines is 1. The first-order chi connectivity index (χ1) is 8.58. The van der Waals surface area contributed by atoms with Gasteiger partial charge in [0.25, 0.3) is 0 Å². The number of rotatable bonds is 0. The van der Waals surface area contributed by atoms with Gasteiger partial charge in [-0.1, -0.05) is 11.6 Å². The highest BCUT2D eigenvalue weighted by Crippen LogP contribution is 2.32. The normalized spacial score (nSPS) is 14.9. The van der Waals surface area contributed by atoms with Crippen LogP contribution in [0.2, 0.25) is 5.02 Å². The monoisotopic (exact) mass is 329 g/mol. The number of carboxylic acid groups (broad SMARTS) is 1. The van der Waals surface area contributed by atoms with Crippen molar-refractivity contribution in [2.45, 2.75) is 12.8 Å². The summed E-state index contributed by atoms with van der Waals surface area (Å²) < 4.78 is 2.48. The zero-order valence-electron chi connectivity index (χ0n) is 9.23. The predicted octanol–water partition coefficient (Wildman–Crippen LogP) is 3.18. The second-order valence-corrected chi connectivity index (χ2v) is 5.38. The summed E-state index contributed by atoms with van der Waals surface area (Å²) in [6.07, 6.45) is 2.38. The molecule has 5 nitrogen and oxygen atoms in total. The van der Waals surface area contributed by atoms with Crippen LogP contribution in [0.15, 0.2) is 16.7 Å². The third-order valence-corrected chi connectivity index (χ3v) is 4.16. The van der Waals surface area contributed by atoms with Crippen LogP contribution in [-0.2, 0) is 6.42 Å². The van der Waals surface area contributed by atoms with Gasteiger partial charge in [-0.2, -0.15) is 0 Å². The molecule has 0 spiro atoms. The van der Waals surface area contributed by atoms with Crippen LogP contribution in [0.5, 0.6) is 0 Å². The Kier molecular flexibility index (Phi) is 2.71. The molecule has 1 aliphatic heterocycles. The van der Waals surface area contributed by atoms with Crippen LogP contribution < -0.4 is 4.90 Å². The smallest absolute Gasteiger partial charge is 0.413 e. The Balaban J connectivity index is 2.30. The number of carbonyl (C=O) groups is 1.